The third-order valence-corrected chi connectivity index (χ3v) is 3.89. The molecule has 0 spiro atoms. The van der Waals surface area contributed by atoms with Gasteiger partial charge in [0.15, 0.2) is 0 Å². The number of nitrogens with zero attached hydrogens (tertiary/aromatic N) is 1. The molecule has 108 valence electrons. The Morgan fingerprint density at radius 1 is 1.45 bits per heavy atom. The molecule has 0 fully saturated rings. The molecule has 1 aromatic carbocycles. The number of fused-ring (bicyclic) bond motifs is 1. The number of benzene rings is 1. The molecular formula is C15H20N2O3. The van der Waals surface area contributed by atoms with Crippen molar-refractivity contribution >= 4 is 17.6 Å². The van der Waals surface area contributed by atoms with Crippen LogP contribution in [0.3, 0.4) is 0 Å². The number of carbonyl (C=O) groups excluding carboxylic acids is 1. The average Bonchev–Trinajstić information content (AvgIpc) is 2.47. The maximum Gasteiger partial charge on any atom is 0.308 e. The summed E-state index contributed by atoms with van der Waals surface area (Å²) in [4.78, 5) is 25.4. The number of hydrogen-bond acceptors (Lipinski definition) is 3. The highest BCUT2D eigenvalue weighted by molar-refractivity contribution is 5.97. The van der Waals surface area contributed by atoms with Gasteiger partial charge in [0, 0.05) is 18.8 Å². The molecule has 0 bridgehead atoms. The predicted molar refractivity (Wildman–Crippen MR) is 76.5 cm³/mol. The first-order valence-electron chi connectivity index (χ1n) is 6.90. The number of carbonyl (C=O) groups is 2. The summed E-state index contributed by atoms with van der Waals surface area (Å²) >= 11 is 0. The van der Waals surface area contributed by atoms with Gasteiger partial charge in [-0.05, 0) is 24.5 Å². The Kier molecular flexibility index (Phi) is 4.39. The van der Waals surface area contributed by atoms with Crippen molar-refractivity contribution in [2.75, 3.05) is 18.0 Å². The van der Waals surface area contributed by atoms with Crippen molar-refractivity contribution in [3.05, 3.63) is 29.8 Å². The summed E-state index contributed by atoms with van der Waals surface area (Å²) in [5.41, 5.74) is 7.37. The van der Waals surface area contributed by atoms with Gasteiger partial charge in [-0.3, -0.25) is 9.59 Å². The zero-order valence-corrected chi connectivity index (χ0v) is 11.6. The lowest BCUT2D eigenvalue weighted by atomic mass is 9.91. The molecule has 1 amide bonds. The van der Waals surface area contributed by atoms with E-state index in [1.54, 1.807) is 4.90 Å². The minimum atomic E-state index is -0.863. The topological polar surface area (TPSA) is 83.6 Å². The molecule has 0 aliphatic carbocycles. The highest BCUT2D eigenvalue weighted by Gasteiger charge is 2.34. The first kappa shape index (κ1) is 14.5. The van der Waals surface area contributed by atoms with Crippen LogP contribution in [0.4, 0.5) is 5.69 Å². The average molecular weight is 276 g/mol. The van der Waals surface area contributed by atoms with Crippen molar-refractivity contribution in [3.8, 4) is 0 Å². The van der Waals surface area contributed by atoms with E-state index < -0.39 is 11.9 Å². The van der Waals surface area contributed by atoms with E-state index in [9.17, 15) is 14.7 Å². The van der Waals surface area contributed by atoms with E-state index in [-0.39, 0.29) is 24.9 Å². The summed E-state index contributed by atoms with van der Waals surface area (Å²) in [6.07, 6.45) is 1.13. The Hall–Kier alpha value is -1.88. The summed E-state index contributed by atoms with van der Waals surface area (Å²) in [5.74, 6) is -1.74. The normalized spacial score (nSPS) is 19.3. The lowest BCUT2D eigenvalue weighted by Crippen LogP contribution is -2.46. The summed E-state index contributed by atoms with van der Waals surface area (Å²) in [5, 5.41) is 9.25. The lowest BCUT2D eigenvalue weighted by Gasteiger charge is -2.34. The Morgan fingerprint density at radius 3 is 2.75 bits per heavy atom. The lowest BCUT2D eigenvalue weighted by molar-refractivity contribution is -0.141. The van der Waals surface area contributed by atoms with Crippen LogP contribution in [0.5, 0.6) is 0 Å². The first-order chi connectivity index (χ1) is 9.58. The largest absolute Gasteiger partial charge is 0.481 e. The van der Waals surface area contributed by atoms with Crippen LogP contribution in [-0.4, -0.2) is 30.1 Å². The second-order valence-corrected chi connectivity index (χ2v) is 5.16. The highest BCUT2D eigenvalue weighted by Crippen LogP contribution is 2.31. The summed E-state index contributed by atoms with van der Waals surface area (Å²) in [6, 6.07) is 7.48. The van der Waals surface area contributed by atoms with Crippen molar-refractivity contribution in [2.24, 2.45) is 17.6 Å². The SMILES string of the molecule is CCC(CN)C(=O)N1CC(C(=O)O)Cc2ccccc21. The number of aliphatic carboxylic acids is 1. The van der Waals surface area contributed by atoms with Crippen LogP contribution in [0, 0.1) is 11.8 Å². The first-order valence-corrected chi connectivity index (χ1v) is 6.90. The van der Waals surface area contributed by atoms with Gasteiger partial charge >= 0.3 is 5.97 Å². The highest BCUT2D eigenvalue weighted by atomic mass is 16.4. The molecule has 20 heavy (non-hydrogen) atoms. The molecule has 5 heteroatoms. The predicted octanol–water partition coefficient (Wildman–Crippen LogP) is 1.26. The molecule has 3 N–H and O–H groups in total. The van der Waals surface area contributed by atoms with Crippen molar-refractivity contribution in [1.82, 2.24) is 0 Å². The van der Waals surface area contributed by atoms with Crippen LogP contribution < -0.4 is 10.6 Å². The minimum Gasteiger partial charge on any atom is -0.481 e. The van der Waals surface area contributed by atoms with Gasteiger partial charge in [0.25, 0.3) is 0 Å². The summed E-state index contributed by atoms with van der Waals surface area (Å²) in [6.45, 7) is 2.42. The molecule has 0 saturated heterocycles. The van der Waals surface area contributed by atoms with E-state index in [2.05, 4.69) is 0 Å². The van der Waals surface area contributed by atoms with Crippen LogP contribution >= 0.6 is 0 Å². The van der Waals surface area contributed by atoms with Gasteiger partial charge in [-0.15, -0.1) is 0 Å². The zero-order valence-electron chi connectivity index (χ0n) is 11.6. The zero-order chi connectivity index (χ0) is 14.7. The van der Waals surface area contributed by atoms with Gasteiger partial charge in [0.05, 0.1) is 11.8 Å². The second-order valence-electron chi connectivity index (χ2n) is 5.16. The molecule has 2 unspecified atom stereocenters. The van der Waals surface area contributed by atoms with Gasteiger partial charge in [0.1, 0.15) is 0 Å². The molecular weight excluding hydrogens is 256 g/mol. The molecule has 2 atom stereocenters. The number of para-hydroxylation sites is 1. The minimum absolute atomic E-state index is 0.0756. The number of anilines is 1. The fourth-order valence-corrected chi connectivity index (χ4v) is 2.63. The monoisotopic (exact) mass is 276 g/mol. The number of nitrogens with two attached hydrogens (primary N) is 1. The van der Waals surface area contributed by atoms with Crippen LogP contribution in [0.2, 0.25) is 0 Å². The Labute approximate surface area is 118 Å². The second kappa shape index (κ2) is 6.05. The fourth-order valence-electron chi connectivity index (χ4n) is 2.63. The van der Waals surface area contributed by atoms with Gasteiger partial charge in [-0.2, -0.15) is 0 Å². The maximum atomic E-state index is 12.5. The number of carboxylic acid groups (broad SMARTS) is 1. The van der Waals surface area contributed by atoms with Crippen molar-refractivity contribution in [2.45, 2.75) is 19.8 Å². The van der Waals surface area contributed by atoms with E-state index in [4.69, 9.17) is 5.73 Å². The third-order valence-electron chi connectivity index (χ3n) is 3.89. The molecule has 2 rings (SSSR count). The van der Waals surface area contributed by atoms with Gasteiger partial charge in [0.2, 0.25) is 5.91 Å². The number of hydrogen-bond donors (Lipinski definition) is 2. The van der Waals surface area contributed by atoms with Crippen molar-refractivity contribution in [1.29, 1.82) is 0 Å². The molecule has 0 aromatic heterocycles. The van der Waals surface area contributed by atoms with E-state index in [1.807, 2.05) is 31.2 Å². The number of carboxylic acids is 1. The van der Waals surface area contributed by atoms with Crippen LogP contribution in [0.1, 0.15) is 18.9 Å². The number of amides is 1. The Balaban J connectivity index is 2.36. The van der Waals surface area contributed by atoms with E-state index in [0.717, 1.165) is 11.3 Å². The molecule has 1 heterocycles. The van der Waals surface area contributed by atoms with Gasteiger partial charge in [-0.1, -0.05) is 25.1 Å². The quantitative estimate of drug-likeness (QED) is 0.867. The Bertz CT molecular complexity index is 512. The smallest absolute Gasteiger partial charge is 0.308 e. The molecule has 0 saturated carbocycles. The van der Waals surface area contributed by atoms with Gasteiger partial charge < -0.3 is 15.7 Å². The van der Waals surface area contributed by atoms with E-state index in [1.165, 1.54) is 0 Å². The molecule has 1 aliphatic rings. The van der Waals surface area contributed by atoms with Crippen molar-refractivity contribution in [3.63, 3.8) is 0 Å². The molecule has 0 radical (unpaired) electrons. The summed E-state index contributed by atoms with van der Waals surface area (Å²) < 4.78 is 0. The van der Waals surface area contributed by atoms with E-state index >= 15 is 0 Å². The summed E-state index contributed by atoms with van der Waals surface area (Å²) in [7, 11) is 0. The molecule has 1 aromatic rings. The van der Waals surface area contributed by atoms with Gasteiger partial charge in [-0.25, -0.2) is 0 Å². The van der Waals surface area contributed by atoms with E-state index in [0.29, 0.717) is 12.8 Å². The fraction of sp³-hybridized carbons (Fsp3) is 0.467. The maximum absolute atomic E-state index is 12.5. The standard InChI is InChI=1S/C15H20N2O3/c1-2-10(8-16)14(18)17-9-12(15(19)20)7-11-5-3-4-6-13(11)17/h3-6,10,12H,2,7-9,16H2,1H3,(H,19,20). The Morgan fingerprint density at radius 2 is 2.15 bits per heavy atom. The van der Waals surface area contributed by atoms with Crippen LogP contribution in [0.15, 0.2) is 24.3 Å². The van der Waals surface area contributed by atoms with Crippen LogP contribution in [-0.2, 0) is 16.0 Å². The van der Waals surface area contributed by atoms with Crippen molar-refractivity contribution < 1.29 is 14.7 Å². The number of rotatable bonds is 4. The molecule has 1 aliphatic heterocycles. The van der Waals surface area contributed by atoms with Crippen LogP contribution in [0.25, 0.3) is 0 Å². The third kappa shape index (κ3) is 2.67. The molecule has 5 nitrogen and oxygen atoms in total.